The predicted octanol–water partition coefficient (Wildman–Crippen LogP) is 4.27. The molecule has 0 amide bonds. The Morgan fingerprint density at radius 2 is 1.89 bits per heavy atom. The average Bonchev–Trinajstić information content (AvgIpc) is 2.28. The monoisotopic (exact) mass is 263 g/mol. The molecule has 106 valence electrons. The molecule has 0 unspecified atom stereocenters. The van der Waals surface area contributed by atoms with E-state index in [-0.39, 0.29) is 16.8 Å². The molecule has 1 aromatic rings. The van der Waals surface area contributed by atoms with Crippen molar-refractivity contribution in [2.24, 2.45) is 5.92 Å². The fourth-order valence-corrected chi connectivity index (χ4v) is 3.12. The molecule has 0 atom stereocenters. The molecule has 1 nitrogen and oxygen atoms in total. The largest absolute Gasteiger partial charge is 0.311 e. The van der Waals surface area contributed by atoms with Gasteiger partial charge in [0.25, 0.3) is 0 Å². The van der Waals surface area contributed by atoms with Crippen molar-refractivity contribution in [3.63, 3.8) is 0 Å². The second-order valence-electron chi connectivity index (χ2n) is 7.05. The Bertz CT molecular complexity index is 427. The van der Waals surface area contributed by atoms with Crippen LogP contribution in [-0.4, -0.2) is 12.1 Å². The quantitative estimate of drug-likeness (QED) is 0.855. The lowest BCUT2D eigenvalue weighted by Gasteiger charge is -2.49. The Balaban J connectivity index is 2.20. The number of nitrogens with one attached hydrogen (secondary N) is 1. The van der Waals surface area contributed by atoms with Crippen LogP contribution >= 0.6 is 0 Å². The summed E-state index contributed by atoms with van der Waals surface area (Å²) in [5.41, 5.74) is 0.978. The Hall–Kier alpha value is -0.890. The Kier molecular flexibility index (Phi) is 4.00. The van der Waals surface area contributed by atoms with E-state index in [2.05, 4.69) is 33.0 Å². The number of hydrogen-bond acceptors (Lipinski definition) is 1. The van der Waals surface area contributed by atoms with Crippen LogP contribution in [0.3, 0.4) is 0 Å². The SMILES string of the molecule is CCC1CC(CNC(C)(C)C)(c2ccccc2F)C1. The minimum Gasteiger partial charge on any atom is -0.311 e. The summed E-state index contributed by atoms with van der Waals surface area (Å²) in [7, 11) is 0. The van der Waals surface area contributed by atoms with Crippen LogP contribution in [0.5, 0.6) is 0 Å². The van der Waals surface area contributed by atoms with Crippen LogP contribution in [0.4, 0.5) is 4.39 Å². The molecule has 0 spiro atoms. The third kappa shape index (κ3) is 3.17. The van der Waals surface area contributed by atoms with Crippen LogP contribution in [0.25, 0.3) is 0 Å². The molecule has 19 heavy (non-hydrogen) atoms. The van der Waals surface area contributed by atoms with Gasteiger partial charge in [0, 0.05) is 17.5 Å². The molecule has 2 rings (SSSR count). The lowest BCUT2D eigenvalue weighted by Crippen LogP contribution is -2.52. The molecule has 0 aliphatic heterocycles. The second-order valence-corrected chi connectivity index (χ2v) is 7.05. The first-order valence-electron chi connectivity index (χ1n) is 7.36. The molecule has 2 heteroatoms. The van der Waals surface area contributed by atoms with E-state index in [1.807, 2.05) is 12.1 Å². The Labute approximate surface area is 116 Å². The van der Waals surface area contributed by atoms with E-state index in [0.717, 1.165) is 30.9 Å². The van der Waals surface area contributed by atoms with E-state index in [4.69, 9.17) is 0 Å². The molecule has 0 radical (unpaired) electrons. The first-order valence-corrected chi connectivity index (χ1v) is 7.36. The minimum absolute atomic E-state index is 0.000694. The standard InChI is InChI=1S/C17H26FN/c1-5-13-10-17(11-13,12-19-16(2,3)4)14-8-6-7-9-15(14)18/h6-9,13,19H,5,10-12H2,1-4H3. The van der Waals surface area contributed by atoms with Gasteiger partial charge in [0.2, 0.25) is 0 Å². The van der Waals surface area contributed by atoms with Gasteiger partial charge in [-0.2, -0.15) is 0 Å². The summed E-state index contributed by atoms with van der Waals surface area (Å²) in [5.74, 6) is 0.703. The highest BCUT2D eigenvalue weighted by Gasteiger charge is 2.46. The van der Waals surface area contributed by atoms with Crippen molar-refractivity contribution in [3.05, 3.63) is 35.6 Å². The number of rotatable bonds is 4. The van der Waals surface area contributed by atoms with Gasteiger partial charge in [-0.1, -0.05) is 31.5 Å². The fourth-order valence-electron chi connectivity index (χ4n) is 3.12. The smallest absolute Gasteiger partial charge is 0.127 e. The summed E-state index contributed by atoms with van der Waals surface area (Å²) in [4.78, 5) is 0. The summed E-state index contributed by atoms with van der Waals surface area (Å²) >= 11 is 0. The van der Waals surface area contributed by atoms with Crippen molar-refractivity contribution in [2.75, 3.05) is 6.54 Å². The van der Waals surface area contributed by atoms with Crippen LogP contribution in [0.2, 0.25) is 0 Å². The zero-order valence-corrected chi connectivity index (χ0v) is 12.6. The predicted molar refractivity (Wildman–Crippen MR) is 78.8 cm³/mol. The van der Waals surface area contributed by atoms with E-state index in [0.29, 0.717) is 0 Å². The maximum atomic E-state index is 14.1. The molecule has 1 saturated carbocycles. The zero-order chi connectivity index (χ0) is 14.1. The van der Waals surface area contributed by atoms with Crippen LogP contribution in [0.1, 0.15) is 52.5 Å². The molecule has 0 heterocycles. The van der Waals surface area contributed by atoms with E-state index in [9.17, 15) is 4.39 Å². The van der Waals surface area contributed by atoms with Crippen LogP contribution < -0.4 is 5.32 Å². The van der Waals surface area contributed by atoms with Gasteiger partial charge >= 0.3 is 0 Å². The van der Waals surface area contributed by atoms with Gasteiger partial charge in [-0.05, 0) is 51.2 Å². The van der Waals surface area contributed by atoms with Crippen molar-refractivity contribution in [1.29, 1.82) is 0 Å². The third-order valence-electron chi connectivity index (χ3n) is 4.34. The molecule has 1 aliphatic carbocycles. The number of halogens is 1. The molecule has 1 aromatic carbocycles. The molecule has 1 aliphatic rings. The van der Waals surface area contributed by atoms with Crippen molar-refractivity contribution in [2.45, 2.75) is 57.9 Å². The fraction of sp³-hybridized carbons (Fsp3) is 0.647. The molecular formula is C17H26FN. The van der Waals surface area contributed by atoms with E-state index >= 15 is 0 Å². The summed E-state index contributed by atoms with van der Waals surface area (Å²) in [5, 5.41) is 3.57. The summed E-state index contributed by atoms with van der Waals surface area (Å²) in [6, 6.07) is 7.29. The van der Waals surface area contributed by atoms with Gasteiger partial charge in [0.05, 0.1) is 0 Å². The van der Waals surface area contributed by atoms with Gasteiger partial charge in [0.15, 0.2) is 0 Å². The van der Waals surface area contributed by atoms with Gasteiger partial charge in [-0.3, -0.25) is 0 Å². The van der Waals surface area contributed by atoms with Crippen molar-refractivity contribution < 1.29 is 4.39 Å². The summed E-state index contributed by atoms with van der Waals surface area (Å²) in [6.45, 7) is 9.59. The third-order valence-corrected chi connectivity index (χ3v) is 4.34. The highest BCUT2D eigenvalue weighted by atomic mass is 19.1. The number of hydrogen-bond donors (Lipinski definition) is 1. The van der Waals surface area contributed by atoms with E-state index in [1.54, 1.807) is 12.1 Å². The lowest BCUT2D eigenvalue weighted by atomic mass is 9.57. The lowest BCUT2D eigenvalue weighted by molar-refractivity contribution is 0.121. The van der Waals surface area contributed by atoms with E-state index < -0.39 is 0 Å². The van der Waals surface area contributed by atoms with Crippen LogP contribution in [0.15, 0.2) is 24.3 Å². The molecule has 1 fully saturated rings. The summed E-state index contributed by atoms with van der Waals surface area (Å²) < 4.78 is 14.1. The molecular weight excluding hydrogens is 237 g/mol. The second kappa shape index (κ2) is 5.24. The molecule has 0 aromatic heterocycles. The van der Waals surface area contributed by atoms with E-state index in [1.165, 1.54) is 6.42 Å². The average molecular weight is 263 g/mol. The number of benzene rings is 1. The van der Waals surface area contributed by atoms with Crippen molar-refractivity contribution in [1.82, 2.24) is 5.32 Å². The summed E-state index contributed by atoms with van der Waals surface area (Å²) in [6.07, 6.45) is 3.41. The maximum absolute atomic E-state index is 14.1. The zero-order valence-electron chi connectivity index (χ0n) is 12.6. The Morgan fingerprint density at radius 3 is 2.42 bits per heavy atom. The first-order chi connectivity index (χ1) is 8.86. The molecule has 0 saturated heterocycles. The topological polar surface area (TPSA) is 12.0 Å². The van der Waals surface area contributed by atoms with Gasteiger partial charge in [-0.15, -0.1) is 0 Å². The maximum Gasteiger partial charge on any atom is 0.127 e. The van der Waals surface area contributed by atoms with Crippen LogP contribution in [-0.2, 0) is 5.41 Å². The highest BCUT2D eigenvalue weighted by molar-refractivity contribution is 5.31. The van der Waals surface area contributed by atoms with Gasteiger partial charge in [-0.25, -0.2) is 4.39 Å². The van der Waals surface area contributed by atoms with Crippen LogP contribution in [0, 0.1) is 11.7 Å². The van der Waals surface area contributed by atoms with Crippen molar-refractivity contribution in [3.8, 4) is 0 Å². The van der Waals surface area contributed by atoms with Crippen molar-refractivity contribution >= 4 is 0 Å². The highest BCUT2D eigenvalue weighted by Crippen LogP contribution is 2.49. The van der Waals surface area contributed by atoms with Gasteiger partial charge in [0.1, 0.15) is 5.82 Å². The Morgan fingerprint density at radius 1 is 1.26 bits per heavy atom. The van der Waals surface area contributed by atoms with Gasteiger partial charge < -0.3 is 5.32 Å². The molecule has 0 bridgehead atoms. The first kappa shape index (κ1) is 14.5. The molecule has 1 N–H and O–H groups in total. The minimum atomic E-state index is -0.0484. The normalized spacial score (nSPS) is 27.1.